The Morgan fingerprint density at radius 1 is 1.19 bits per heavy atom. The molecule has 0 fully saturated rings. The summed E-state index contributed by atoms with van der Waals surface area (Å²) in [6.07, 6.45) is 0. The zero-order chi connectivity index (χ0) is 15.4. The normalized spacial score (nSPS) is 11.0. The lowest BCUT2D eigenvalue weighted by Gasteiger charge is -2.20. The Kier molecular flexibility index (Phi) is 5.15. The highest BCUT2D eigenvalue weighted by Crippen LogP contribution is 2.24. The molecule has 3 nitrogen and oxygen atoms in total. The van der Waals surface area contributed by atoms with E-state index in [1.54, 1.807) is 12.1 Å². The highest BCUT2D eigenvalue weighted by Gasteiger charge is 2.09. The number of halogens is 2. The molecule has 5 heteroatoms. The Bertz CT molecular complexity index is 599. The van der Waals surface area contributed by atoms with Crippen LogP contribution < -0.4 is 10.2 Å². The van der Waals surface area contributed by atoms with Gasteiger partial charge in [-0.25, -0.2) is 9.37 Å². The zero-order valence-corrected chi connectivity index (χ0v) is 13.2. The third-order valence-electron chi connectivity index (χ3n) is 3.14. The van der Waals surface area contributed by atoms with E-state index in [1.807, 2.05) is 24.1 Å². The van der Waals surface area contributed by atoms with E-state index in [2.05, 4.69) is 24.1 Å². The standard InChI is InChI=1S/C16H19ClFN3/c1-11(2)19-10-15-14(17)8-9-16(20-15)21(3)13-6-4-12(18)5-7-13/h4-9,11,19H,10H2,1-3H3. The highest BCUT2D eigenvalue weighted by atomic mass is 35.5. The molecule has 1 heterocycles. The molecule has 0 saturated heterocycles. The summed E-state index contributed by atoms with van der Waals surface area (Å²) in [5.74, 6) is 0.518. The molecule has 0 spiro atoms. The SMILES string of the molecule is CC(C)NCc1nc(N(C)c2ccc(F)cc2)ccc1Cl. The van der Waals surface area contributed by atoms with Crippen LogP contribution >= 0.6 is 11.6 Å². The van der Waals surface area contributed by atoms with Crippen LogP contribution in [0.15, 0.2) is 36.4 Å². The van der Waals surface area contributed by atoms with Crippen molar-refractivity contribution < 1.29 is 4.39 Å². The molecule has 0 amide bonds. The van der Waals surface area contributed by atoms with E-state index >= 15 is 0 Å². The molecule has 0 aliphatic rings. The monoisotopic (exact) mass is 307 g/mol. The van der Waals surface area contributed by atoms with Gasteiger partial charge in [0.2, 0.25) is 0 Å². The number of rotatable bonds is 5. The van der Waals surface area contributed by atoms with E-state index in [9.17, 15) is 4.39 Å². The van der Waals surface area contributed by atoms with Crippen LogP contribution in [-0.4, -0.2) is 18.1 Å². The first-order chi connectivity index (χ1) is 9.97. The molecule has 2 rings (SSSR count). The minimum absolute atomic E-state index is 0.252. The van der Waals surface area contributed by atoms with Gasteiger partial charge in [-0.05, 0) is 36.4 Å². The van der Waals surface area contributed by atoms with Crippen molar-refractivity contribution in [2.75, 3.05) is 11.9 Å². The van der Waals surface area contributed by atoms with Gasteiger partial charge in [-0.15, -0.1) is 0 Å². The predicted octanol–water partition coefficient (Wildman–Crippen LogP) is 4.14. The van der Waals surface area contributed by atoms with Crippen molar-refractivity contribution in [1.82, 2.24) is 10.3 Å². The highest BCUT2D eigenvalue weighted by molar-refractivity contribution is 6.31. The fourth-order valence-electron chi connectivity index (χ4n) is 1.88. The molecular formula is C16H19ClFN3. The summed E-state index contributed by atoms with van der Waals surface area (Å²) in [6.45, 7) is 4.76. The lowest BCUT2D eigenvalue weighted by atomic mass is 10.2. The third-order valence-corrected chi connectivity index (χ3v) is 3.48. The maximum Gasteiger partial charge on any atom is 0.133 e. The number of benzene rings is 1. The molecule has 0 saturated carbocycles. The van der Waals surface area contributed by atoms with Crippen LogP contribution in [0, 0.1) is 5.82 Å². The van der Waals surface area contributed by atoms with Crippen molar-refractivity contribution >= 4 is 23.1 Å². The summed E-state index contributed by atoms with van der Waals surface area (Å²) < 4.78 is 13.0. The summed E-state index contributed by atoms with van der Waals surface area (Å²) in [4.78, 5) is 6.48. The fourth-order valence-corrected chi connectivity index (χ4v) is 2.05. The van der Waals surface area contributed by atoms with Crippen molar-refractivity contribution in [1.29, 1.82) is 0 Å². The Balaban J connectivity index is 2.23. The Morgan fingerprint density at radius 3 is 2.48 bits per heavy atom. The number of nitrogens with one attached hydrogen (secondary N) is 1. The molecular weight excluding hydrogens is 289 g/mol. The second-order valence-corrected chi connectivity index (χ2v) is 5.58. The van der Waals surface area contributed by atoms with Gasteiger partial charge >= 0.3 is 0 Å². The van der Waals surface area contributed by atoms with Crippen LogP contribution in [-0.2, 0) is 6.54 Å². The topological polar surface area (TPSA) is 28.2 Å². The summed E-state index contributed by atoms with van der Waals surface area (Å²) in [5.41, 5.74) is 1.67. The maximum absolute atomic E-state index is 13.0. The number of nitrogens with zero attached hydrogens (tertiary/aromatic N) is 2. The van der Waals surface area contributed by atoms with E-state index in [1.165, 1.54) is 12.1 Å². The van der Waals surface area contributed by atoms with Crippen molar-refractivity contribution in [3.63, 3.8) is 0 Å². The average molecular weight is 308 g/mol. The lowest BCUT2D eigenvalue weighted by molar-refractivity contribution is 0.581. The van der Waals surface area contributed by atoms with Crippen molar-refractivity contribution in [3.8, 4) is 0 Å². The number of anilines is 2. The summed E-state index contributed by atoms with van der Waals surface area (Å²) in [7, 11) is 1.89. The molecule has 1 aromatic heterocycles. The quantitative estimate of drug-likeness (QED) is 0.900. The second kappa shape index (κ2) is 6.87. The first-order valence-corrected chi connectivity index (χ1v) is 7.23. The van der Waals surface area contributed by atoms with E-state index in [4.69, 9.17) is 11.6 Å². The Labute approximate surface area is 129 Å². The van der Waals surface area contributed by atoms with Gasteiger partial charge < -0.3 is 10.2 Å². The van der Waals surface area contributed by atoms with E-state index in [0.29, 0.717) is 17.6 Å². The van der Waals surface area contributed by atoms with E-state index < -0.39 is 0 Å². The van der Waals surface area contributed by atoms with Crippen molar-refractivity contribution in [2.24, 2.45) is 0 Å². The predicted molar refractivity (Wildman–Crippen MR) is 85.7 cm³/mol. The third kappa shape index (κ3) is 4.16. The van der Waals surface area contributed by atoms with Crippen LogP contribution in [0.1, 0.15) is 19.5 Å². The van der Waals surface area contributed by atoms with Gasteiger partial charge in [-0.3, -0.25) is 0 Å². The molecule has 0 unspecified atom stereocenters. The molecule has 0 radical (unpaired) electrons. The van der Waals surface area contributed by atoms with E-state index in [0.717, 1.165) is 17.2 Å². The molecule has 0 atom stereocenters. The molecule has 0 aliphatic heterocycles. The van der Waals surface area contributed by atoms with E-state index in [-0.39, 0.29) is 5.82 Å². The molecule has 21 heavy (non-hydrogen) atoms. The molecule has 112 valence electrons. The van der Waals surface area contributed by atoms with Gasteiger partial charge in [0.1, 0.15) is 11.6 Å². The van der Waals surface area contributed by atoms with Gasteiger partial charge in [0.05, 0.1) is 10.7 Å². The maximum atomic E-state index is 13.0. The van der Waals surface area contributed by atoms with Gasteiger partial charge in [-0.2, -0.15) is 0 Å². The van der Waals surface area contributed by atoms with Crippen LogP contribution in [0.2, 0.25) is 5.02 Å². The van der Waals surface area contributed by atoms with Crippen molar-refractivity contribution in [3.05, 3.63) is 52.9 Å². The molecule has 0 aliphatic carbocycles. The minimum Gasteiger partial charge on any atom is -0.329 e. The lowest BCUT2D eigenvalue weighted by Crippen LogP contribution is -2.23. The fraction of sp³-hybridized carbons (Fsp3) is 0.312. The summed E-state index contributed by atoms with van der Waals surface area (Å²) in [6, 6.07) is 10.4. The smallest absolute Gasteiger partial charge is 0.133 e. The largest absolute Gasteiger partial charge is 0.329 e. The number of aromatic nitrogens is 1. The van der Waals surface area contributed by atoms with Crippen LogP contribution in [0.3, 0.4) is 0 Å². The van der Waals surface area contributed by atoms with Gasteiger partial charge in [0.15, 0.2) is 0 Å². The van der Waals surface area contributed by atoms with Gasteiger partial charge in [0, 0.05) is 25.3 Å². The summed E-state index contributed by atoms with van der Waals surface area (Å²) >= 11 is 6.18. The first kappa shape index (κ1) is 15.7. The minimum atomic E-state index is -0.252. The Morgan fingerprint density at radius 2 is 1.86 bits per heavy atom. The summed E-state index contributed by atoms with van der Waals surface area (Å²) in [5, 5.41) is 3.94. The molecule has 2 aromatic rings. The van der Waals surface area contributed by atoms with Gasteiger partial charge in [-0.1, -0.05) is 25.4 Å². The van der Waals surface area contributed by atoms with Crippen LogP contribution in [0.4, 0.5) is 15.9 Å². The van der Waals surface area contributed by atoms with Crippen LogP contribution in [0.25, 0.3) is 0 Å². The zero-order valence-electron chi connectivity index (χ0n) is 12.4. The molecule has 1 N–H and O–H groups in total. The van der Waals surface area contributed by atoms with Crippen molar-refractivity contribution in [2.45, 2.75) is 26.4 Å². The average Bonchev–Trinajstić information content (AvgIpc) is 2.46. The number of hydrogen-bond donors (Lipinski definition) is 1. The first-order valence-electron chi connectivity index (χ1n) is 6.85. The Hall–Kier alpha value is -1.65. The number of pyridine rings is 1. The molecule has 1 aromatic carbocycles. The number of hydrogen-bond acceptors (Lipinski definition) is 3. The molecule has 0 bridgehead atoms. The second-order valence-electron chi connectivity index (χ2n) is 5.17. The van der Waals surface area contributed by atoms with Crippen LogP contribution in [0.5, 0.6) is 0 Å². The van der Waals surface area contributed by atoms with Gasteiger partial charge in [0.25, 0.3) is 0 Å².